The van der Waals surface area contributed by atoms with Crippen LogP contribution in [-0.4, -0.2) is 19.1 Å². The predicted molar refractivity (Wildman–Crippen MR) is 82.8 cm³/mol. The first kappa shape index (κ1) is 15.8. The van der Waals surface area contributed by atoms with E-state index in [2.05, 4.69) is 5.32 Å². The molecule has 0 radical (unpaired) electrons. The number of hydrogen-bond acceptors (Lipinski definition) is 3. The first-order valence-corrected chi connectivity index (χ1v) is 7.09. The van der Waals surface area contributed by atoms with Crippen LogP contribution in [0.1, 0.15) is 13.3 Å². The Bertz CT molecular complexity index is 614. The molecule has 0 unspecified atom stereocenters. The van der Waals surface area contributed by atoms with Gasteiger partial charge in [0.15, 0.2) is 6.61 Å². The number of carbonyl (C=O) groups excluding carboxylic acids is 1. The first-order chi connectivity index (χ1) is 10.7. The highest BCUT2D eigenvalue weighted by Crippen LogP contribution is 2.18. The van der Waals surface area contributed by atoms with Crippen molar-refractivity contribution in [3.8, 4) is 11.5 Å². The summed E-state index contributed by atoms with van der Waals surface area (Å²) in [5, 5.41) is 2.46. The molecule has 116 valence electrons. The maximum Gasteiger partial charge on any atom is 0.262 e. The number of anilines is 1. The highest BCUT2D eigenvalue weighted by Gasteiger charge is 2.07. The maximum atomic E-state index is 13.4. The van der Waals surface area contributed by atoms with Crippen molar-refractivity contribution in [3.05, 3.63) is 54.3 Å². The van der Waals surface area contributed by atoms with E-state index in [1.807, 2.05) is 6.92 Å². The van der Waals surface area contributed by atoms with Crippen LogP contribution in [0.5, 0.6) is 11.5 Å². The summed E-state index contributed by atoms with van der Waals surface area (Å²) >= 11 is 0. The highest BCUT2D eigenvalue weighted by molar-refractivity contribution is 5.91. The molecule has 1 N–H and O–H groups in total. The number of benzene rings is 2. The molecule has 1 amide bonds. The van der Waals surface area contributed by atoms with Gasteiger partial charge in [-0.05, 0) is 42.8 Å². The molecular formula is C17H18FNO3. The van der Waals surface area contributed by atoms with Crippen LogP contribution >= 0.6 is 0 Å². The largest absolute Gasteiger partial charge is 0.494 e. The van der Waals surface area contributed by atoms with Crippen molar-refractivity contribution in [1.29, 1.82) is 0 Å². The molecule has 2 rings (SSSR count). The fourth-order valence-corrected chi connectivity index (χ4v) is 1.75. The third-order valence-electron chi connectivity index (χ3n) is 2.81. The first-order valence-electron chi connectivity index (χ1n) is 7.09. The highest BCUT2D eigenvalue weighted by atomic mass is 19.1. The van der Waals surface area contributed by atoms with E-state index >= 15 is 0 Å². The SMILES string of the molecule is CCCOc1ccc(OCC(=O)Nc2ccccc2F)cc1. The molecule has 0 aromatic heterocycles. The van der Waals surface area contributed by atoms with Crippen molar-refractivity contribution in [3.63, 3.8) is 0 Å². The quantitative estimate of drug-likeness (QED) is 0.849. The number of para-hydroxylation sites is 1. The Morgan fingerprint density at radius 2 is 1.68 bits per heavy atom. The zero-order chi connectivity index (χ0) is 15.8. The topological polar surface area (TPSA) is 47.6 Å². The van der Waals surface area contributed by atoms with Gasteiger partial charge in [-0.3, -0.25) is 4.79 Å². The monoisotopic (exact) mass is 303 g/mol. The Balaban J connectivity index is 1.82. The van der Waals surface area contributed by atoms with Crippen molar-refractivity contribution in [2.45, 2.75) is 13.3 Å². The fraction of sp³-hybridized carbons (Fsp3) is 0.235. The smallest absolute Gasteiger partial charge is 0.262 e. The summed E-state index contributed by atoms with van der Waals surface area (Å²) in [5.41, 5.74) is 0.138. The number of halogens is 1. The van der Waals surface area contributed by atoms with Crippen LogP contribution in [0.25, 0.3) is 0 Å². The van der Waals surface area contributed by atoms with Gasteiger partial charge < -0.3 is 14.8 Å². The summed E-state index contributed by atoms with van der Waals surface area (Å²) in [5.74, 6) is 0.405. The van der Waals surface area contributed by atoms with Crippen LogP contribution in [0.3, 0.4) is 0 Å². The maximum absolute atomic E-state index is 13.4. The lowest BCUT2D eigenvalue weighted by Gasteiger charge is -2.09. The van der Waals surface area contributed by atoms with Gasteiger partial charge in [0.1, 0.15) is 17.3 Å². The van der Waals surface area contributed by atoms with Gasteiger partial charge in [-0.25, -0.2) is 4.39 Å². The van der Waals surface area contributed by atoms with Crippen LogP contribution in [-0.2, 0) is 4.79 Å². The van der Waals surface area contributed by atoms with Gasteiger partial charge in [-0.15, -0.1) is 0 Å². The summed E-state index contributed by atoms with van der Waals surface area (Å²) < 4.78 is 24.2. The fourth-order valence-electron chi connectivity index (χ4n) is 1.75. The number of carbonyl (C=O) groups is 1. The van der Waals surface area contributed by atoms with Gasteiger partial charge in [0, 0.05) is 0 Å². The third-order valence-corrected chi connectivity index (χ3v) is 2.81. The van der Waals surface area contributed by atoms with Crippen molar-refractivity contribution >= 4 is 11.6 Å². The molecule has 2 aromatic rings. The lowest BCUT2D eigenvalue weighted by Crippen LogP contribution is -2.20. The lowest BCUT2D eigenvalue weighted by molar-refractivity contribution is -0.118. The molecule has 0 saturated carbocycles. The van der Waals surface area contributed by atoms with E-state index in [0.717, 1.165) is 12.2 Å². The van der Waals surface area contributed by atoms with Gasteiger partial charge in [-0.1, -0.05) is 19.1 Å². The number of ether oxygens (including phenoxy) is 2. The Labute approximate surface area is 128 Å². The molecule has 0 atom stereocenters. The van der Waals surface area contributed by atoms with E-state index in [0.29, 0.717) is 12.4 Å². The van der Waals surface area contributed by atoms with Crippen molar-refractivity contribution in [2.24, 2.45) is 0 Å². The van der Waals surface area contributed by atoms with Gasteiger partial charge >= 0.3 is 0 Å². The second-order valence-corrected chi connectivity index (χ2v) is 4.64. The molecule has 2 aromatic carbocycles. The molecule has 0 heterocycles. The minimum atomic E-state index is -0.478. The van der Waals surface area contributed by atoms with Gasteiger partial charge in [0.2, 0.25) is 0 Å². The summed E-state index contributed by atoms with van der Waals surface area (Å²) in [4.78, 5) is 11.7. The summed E-state index contributed by atoms with van der Waals surface area (Å²) in [7, 11) is 0. The third kappa shape index (κ3) is 4.77. The zero-order valence-electron chi connectivity index (χ0n) is 12.3. The molecule has 0 aliphatic heterocycles. The number of hydrogen-bond donors (Lipinski definition) is 1. The van der Waals surface area contributed by atoms with Gasteiger partial charge in [-0.2, -0.15) is 0 Å². The molecular weight excluding hydrogens is 285 g/mol. The Morgan fingerprint density at radius 1 is 1.05 bits per heavy atom. The minimum Gasteiger partial charge on any atom is -0.494 e. The van der Waals surface area contributed by atoms with Crippen molar-refractivity contribution < 1.29 is 18.7 Å². The van der Waals surface area contributed by atoms with Crippen molar-refractivity contribution in [2.75, 3.05) is 18.5 Å². The Morgan fingerprint density at radius 3 is 2.32 bits per heavy atom. The average molecular weight is 303 g/mol. The molecule has 0 bridgehead atoms. The zero-order valence-corrected chi connectivity index (χ0v) is 12.3. The Hall–Kier alpha value is -2.56. The van der Waals surface area contributed by atoms with Gasteiger partial charge in [0.05, 0.1) is 12.3 Å². The standard InChI is InChI=1S/C17H18FNO3/c1-2-11-21-13-7-9-14(10-8-13)22-12-17(20)19-16-6-4-3-5-15(16)18/h3-10H,2,11-12H2,1H3,(H,19,20). The normalized spacial score (nSPS) is 10.1. The number of rotatable bonds is 7. The lowest BCUT2D eigenvalue weighted by atomic mass is 10.3. The molecule has 0 aliphatic rings. The molecule has 4 nitrogen and oxygen atoms in total. The van der Waals surface area contributed by atoms with E-state index in [-0.39, 0.29) is 12.3 Å². The summed E-state index contributed by atoms with van der Waals surface area (Å²) in [6.07, 6.45) is 0.939. The van der Waals surface area contributed by atoms with Crippen LogP contribution in [0.4, 0.5) is 10.1 Å². The summed E-state index contributed by atoms with van der Waals surface area (Å²) in [6.45, 7) is 2.50. The average Bonchev–Trinajstić information content (AvgIpc) is 2.54. The van der Waals surface area contributed by atoms with E-state index in [1.54, 1.807) is 36.4 Å². The van der Waals surface area contributed by atoms with E-state index < -0.39 is 11.7 Å². The van der Waals surface area contributed by atoms with E-state index in [4.69, 9.17) is 9.47 Å². The molecule has 22 heavy (non-hydrogen) atoms. The van der Waals surface area contributed by atoms with E-state index in [9.17, 15) is 9.18 Å². The van der Waals surface area contributed by atoms with Crippen LogP contribution in [0, 0.1) is 5.82 Å². The molecule has 0 aliphatic carbocycles. The minimum absolute atomic E-state index is 0.138. The van der Waals surface area contributed by atoms with Crippen molar-refractivity contribution in [1.82, 2.24) is 0 Å². The second-order valence-electron chi connectivity index (χ2n) is 4.64. The predicted octanol–water partition coefficient (Wildman–Crippen LogP) is 3.63. The van der Waals surface area contributed by atoms with E-state index in [1.165, 1.54) is 12.1 Å². The van der Waals surface area contributed by atoms with Gasteiger partial charge in [0.25, 0.3) is 5.91 Å². The summed E-state index contributed by atoms with van der Waals surface area (Å²) in [6, 6.07) is 13.0. The van der Waals surface area contributed by atoms with Crippen LogP contribution in [0.15, 0.2) is 48.5 Å². The Kier molecular flexibility index (Phi) is 5.77. The van der Waals surface area contributed by atoms with Crippen LogP contribution < -0.4 is 14.8 Å². The number of amides is 1. The molecule has 0 spiro atoms. The van der Waals surface area contributed by atoms with Crippen LogP contribution in [0.2, 0.25) is 0 Å². The molecule has 0 fully saturated rings. The molecule has 0 saturated heterocycles. The molecule has 5 heteroatoms. The second kappa shape index (κ2) is 8.02. The number of nitrogens with one attached hydrogen (secondary N) is 1.